The first-order valence-corrected chi connectivity index (χ1v) is 6.21. The van der Waals surface area contributed by atoms with Gasteiger partial charge in [-0.05, 0) is 51.3 Å². The third-order valence-corrected chi connectivity index (χ3v) is 2.80. The van der Waals surface area contributed by atoms with Crippen molar-refractivity contribution in [3.05, 3.63) is 29.3 Å². The molecule has 0 saturated carbocycles. The molecule has 0 aliphatic heterocycles. The number of unbranched alkanes of at least 4 members (excludes halogenated alkanes) is 1. The molecule has 0 amide bonds. The van der Waals surface area contributed by atoms with E-state index in [-0.39, 0.29) is 5.41 Å². The summed E-state index contributed by atoms with van der Waals surface area (Å²) in [7, 11) is 0. The van der Waals surface area contributed by atoms with Crippen molar-refractivity contribution in [2.45, 2.75) is 33.1 Å². The summed E-state index contributed by atoms with van der Waals surface area (Å²) in [6.07, 6.45) is 2.86. The van der Waals surface area contributed by atoms with Crippen molar-refractivity contribution >= 4 is 11.6 Å². The molecule has 0 aliphatic rings. The Balaban J connectivity index is 2.19. The van der Waals surface area contributed by atoms with Crippen molar-refractivity contribution in [2.75, 3.05) is 6.61 Å². The van der Waals surface area contributed by atoms with Crippen molar-refractivity contribution < 1.29 is 4.74 Å². The van der Waals surface area contributed by atoms with Gasteiger partial charge in [-0.25, -0.2) is 0 Å². The molecule has 92 valence electrons. The zero-order chi connectivity index (χ0) is 12.7. The first kappa shape index (κ1) is 13.9. The first-order chi connectivity index (χ1) is 8.03. The number of hydrogen-bond donors (Lipinski definition) is 0. The highest BCUT2D eigenvalue weighted by atomic mass is 35.5. The van der Waals surface area contributed by atoms with Crippen LogP contribution < -0.4 is 4.74 Å². The van der Waals surface area contributed by atoms with Gasteiger partial charge >= 0.3 is 0 Å². The van der Waals surface area contributed by atoms with E-state index in [4.69, 9.17) is 21.6 Å². The van der Waals surface area contributed by atoms with Crippen LogP contribution in [0.4, 0.5) is 0 Å². The van der Waals surface area contributed by atoms with E-state index in [0.717, 1.165) is 25.0 Å². The Morgan fingerprint density at radius 2 is 2.12 bits per heavy atom. The van der Waals surface area contributed by atoms with Crippen LogP contribution in [0.25, 0.3) is 0 Å². The van der Waals surface area contributed by atoms with Gasteiger partial charge in [0.2, 0.25) is 0 Å². The van der Waals surface area contributed by atoms with Crippen LogP contribution in [-0.2, 0) is 0 Å². The SMILES string of the molecule is CC(C)(C#N)CCCCOc1cccc(Cl)c1. The Hall–Kier alpha value is -1.20. The molecule has 1 aromatic carbocycles. The zero-order valence-electron chi connectivity index (χ0n) is 10.4. The van der Waals surface area contributed by atoms with Gasteiger partial charge in [0.15, 0.2) is 0 Å². The Morgan fingerprint density at radius 1 is 1.35 bits per heavy atom. The molecule has 0 aliphatic carbocycles. The third kappa shape index (κ3) is 5.60. The highest BCUT2D eigenvalue weighted by molar-refractivity contribution is 6.30. The van der Waals surface area contributed by atoms with E-state index in [1.165, 1.54) is 0 Å². The number of nitrogens with zero attached hydrogens (tertiary/aromatic N) is 1. The molecule has 17 heavy (non-hydrogen) atoms. The molecule has 1 aromatic rings. The number of benzene rings is 1. The summed E-state index contributed by atoms with van der Waals surface area (Å²) in [5.74, 6) is 0.803. The number of rotatable bonds is 6. The highest BCUT2D eigenvalue weighted by Crippen LogP contribution is 2.22. The smallest absolute Gasteiger partial charge is 0.120 e. The van der Waals surface area contributed by atoms with Crippen molar-refractivity contribution in [1.82, 2.24) is 0 Å². The molecular formula is C14H18ClNO. The van der Waals surface area contributed by atoms with Gasteiger partial charge in [0.25, 0.3) is 0 Å². The molecule has 3 heteroatoms. The van der Waals surface area contributed by atoms with Gasteiger partial charge in [-0.3, -0.25) is 0 Å². The van der Waals surface area contributed by atoms with Crippen LogP contribution in [0.1, 0.15) is 33.1 Å². The minimum atomic E-state index is -0.226. The zero-order valence-corrected chi connectivity index (χ0v) is 11.1. The number of ether oxygens (including phenoxy) is 1. The lowest BCUT2D eigenvalue weighted by Crippen LogP contribution is -2.08. The van der Waals surface area contributed by atoms with Gasteiger partial charge in [-0.1, -0.05) is 17.7 Å². The Kier molecular flexibility index (Phi) is 5.31. The molecular weight excluding hydrogens is 234 g/mol. The Labute approximate surface area is 108 Å². The third-order valence-electron chi connectivity index (χ3n) is 2.56. The molecule has 0 atom stereocenters. The molecule has 0 bridgehead atoms. The molecule has 2 nitrogen and oxygen atoms in total. The van der Waals surface area contributed by atoms with Crippen LogP contribution >= 0.6 is 11.6 Å². The minimum Gasteiger partial charge on any atom is -0.494 e. The summed E-state index contributed by atoms with van der Waals surface area (Å²) < 4.78 is 5.57. The predicted molar refractivity (Wildman–Crippen MR) is 70.2 cm³/mol. The molecule has 1 rings (SSSR count). The summed E-state index contributed by atoms with van der Waals surface area (Å²) in [5.41, 5.74) is -0.226. The lowest BCUT2D eigenvalue weighted by atomic mass is 9.89. The summed E-state index contributed by atoms with van der Waals surface area (Å²) in [5, 5.41) is 9.55. The van der Waals surface area contributed by atoms with Crippen molar-refractivity contribution in [3.8, 4) is 11.8 Å². The molecule has 0 radical (unpaired) electrons. The van der Waals surface area contributed by atoms with Crippen LogP contribution in [0, 0.1) is 16.7 Å². The highest BCUT2D eigenvalue weighted by Gasteiger charge is 2.15. The lowest BCUT2D eigenvalue weighted by molar-refractivity contribution is 0.295. The molecule has 0 unspecified atom stereocenters. The normalized spacial score (nSPS) is 10.9. The van der Waals surface area contributed by atoms with Crippen molar-refractivity contribution in [3.63, 3.8) is 0 Å². The fourth-order valence-electron chi connectivity index (χ4n) is 1.47. The maximum absolute atomic E-state index is 8.86. The topological polar surface area (TPSA) is 33.0 Å². The van der Waals surface area contributed by atoms with Gasteiger partial charge in [0.1, 0.15) is 5.75 Å². The Morgan fingerprint density at radius 3 is 2.76 bits per heavy atom. The van der Waals surface area contributed by atoms with Crippen LogP contribution in [0.15, 0.2) is 24.3 Å². The van der Waals surface area contributed by atoms with E-state index in [1.54, 1.807) is 6.07 Å². The van der Waals surface area contributed by atoms with Crippen LogP contribution in [0.2, 0.25) is 5.02 Å². The van der Waals surface area contributed by atoms with Crippen LogP contribution in [-0.4, -0.2) is 6.61 Å². The molecule has 0 fully saturated rings. The summed E-state index contributed by atoms with van der Waals surface area (Å²) in [6.45, 7) is 4.59. The summed E-state index contributed by atoms with van der Waals surface area (Å²) in [4.78, 5) is 0. The number of nitriles is 1. The second-order valence-corrected chi connectivity index (χ2v) is 5.20. The first-order valence-electron chi connectivity index (χ1n) is 5.83. The number of halogens is 1. The fourth-order valence-corrected chi connectivity index (χ4v) is 1.65. The van der Waals surface area contributed by atoms with E-state index in [1.807, 2.05) is 32.0 Å². The van der Waals surface area contributed by atoms with Crippen LogP contribution in [0.5, 0.6) is 5.75 Å². The maximum Gasteiger partial charge on any atom is 0.120 e. The standard InChI is InChI=1S/C14H18ClNO/c1-14(2,11-16)8-3-4-9-17-13-7-5-6-12(15)10-13/h5-7,10H,3-4,8-9H2,1-2H3. The van der Waals surface area contributed by atoms with Crippen molar-refractivity contribution in [1.29, 1.82) is 5.26 Å². The average molecular weight is 252 g/mol. The second kappa shape index (κ2) is 6.51. The second-order valence-electron chi connectivity index (χ2n) is 4.76. The minimum absolute atomic E-state index is 0.226. The van der Waals surface area contributed by atoms with Gasteiger partial charge in [-0.2, -0.15) is 5.26 Å². The summed E-state index contributed by atoms with van der Waals surface area (Å²) >= 11 is 5.85. The van der Waals surface area contributed by atoms with Gasteiger partial charge < -0.3 is 4.74 Å². The van der Waals surface area contributed by atoms with Gasteiger partial charge in [0.05, 0.1) is 18.1 Å². The molecule has 0 saturated heterocycles. The molecule has 0 spiro atoms. The molecule has 0 N–H and O–H groups in total. The van der Waals surface area contributed by atoms with E-state index >= 15 is 0 Å². The number of hydrogen-bond acceptors (Lipinski definition) is 2. The van der Waals surface area contributed by atoms with E-state index in [9.17, 15) is 0 Å². The Bertz CT molecular complexity index is 395. The maximum atomic E-state index is 8.86. The van der Waals surface area contributed by atoms with E-state index in [2.05, 4.69) is 6.07 Å². The predicted octanol–water partition coefficient (Wildman–Crippen LogP) is 4.44. The van der Waals surface area contributed by atoms with Gasteiger partial charge in [0, 0.05) is 5.02 Å². The van der Waals surface area contributed by atoms with E-state index in [0.29, 0.717) is 11.6 Å². The summed E-state index contributed by atoms with van der Waals surface area (Å²) in [6, 6.07) is 9.69. The lowest BCUT2D eigenvalue weighted by Gasteiger charge is -2.14. The van der Waals surface area contributed by atoms with Gasteiger partial charge in [-0.15, -0.1) is 0 Å². The quantitative estimate of drug-likeness (QED) is 0.701. The molecule has 0 heterocycles. The molecule has 0 aromatic heterocycles. The van der Waals surface area contributed by atoms with Crippen LogP contribution in [0.3, 0.4) is 0 Å². The monoisotopic (exact) mass is 251 g/mol. The van der Waals surface area contributed by atoms with Crippen molar-refractivity contribution in [2.24, 2.45) is 5.41 Å². The average Bonchev–Trinajstić information content (AvgIpc) is 2.29. The van der Waals surface area contributed by atoms with E-state index < -0.39 is 0 Å². The largest absolute Gasteiger partial charge is 0.494 e. The fraction of sp³-hybridized carbons (Fsp3) is 0.500.